The normalized spacial score (nSPS) is 18.4. The largest absolute Gasteiger partial charge is 0.457 e. The van der Waals surface area contributed by atoms with Crippen LogP contribution < -0.4 is 10.5 Å². The van der Waals surface area contributed by atoms with Crippen molar-refractivity contribution in [3.8, 4) is 22.6 Å². The van der Waals surface area contributed by atoms with Gasteiger partial charge in [0.05, 0.1) is 5.39 Å². The van der Waals surface area contributed by atoms with E-state index in [9.17, 15) is 4.79 Å². The first-order valence-corrected chi connectivity index (χ1v) is 11.7. The van der Waals surface area contributed by atoms with Crippen molar-refractivity contribution in [1.82, 2.24) is 14.5 Å². The van der Waals surface area contributed by atoms with E-state index in [2.05, 4.69) is 20.7 Å². The minimum Gasteiger partial charge on any atom is -0.457 e. The quantitative estimate of drug-likeness (QED) is 0.345. The Kier molecular flexibility index (Phi) is 6.12. The third kappa shape index (κ3) is 4.31. The summed E-state index contributed by atoms with van der Waals surface area (Å²) in [5.41, 5.74) is 9.20. The zero-order valence-electron chi connectivity index (χ0n) is 19.2. The number of hydrogen-bond acceptors (Lipinski definition) is 5. The number of para-hydroxylation sites is 1. The summed E-state index contributed by atoms with van der Waals surface area (Å²) in [6.45, 7) is 1.89. The summed E-state index contributed by atoms with van der Waals surface area (Å²) in [4.78, 5) is 21.1. The molecule has 1 aliphatic rings. The van der Waals surface area contributed by atoms with Crippen LogP contribution in [0, 0.1) is 5.92 Å². The monoisotopic (exact) mass is 452 g/mol. The number of rotatable bonds is 6. The smallest absolute Gasteiger partial charge is 0.158 e. The van der Waals surface area contributed by atoms with Gasteiger partial charge in [-0.25, -0.2) is 9.97 Å². The Morgan fingerprint density at radius 2 is 1.71 bits per heavy atom. The molecular weight excluding hydrogens is 424 g/mol. The molecule has 172 valence electrons. The molecule has 6 heteroatoms. The van der Waals surface area contributed by atoms with Gasteiger partial charge < -0.3 is 15.0 Å². The number of fused-ring (bicyclic) bond motifs is 1. The number of benzene rings is 2. The second-order valence-electron chi connectivity index (χ2n) is 8.75. The molecule has 2 aromatic heterocycles. The number of anilines is 1. The van der Waals surface area contributed by atoms with Gasteiger partial charge >= 0.3 is 0 Å². The third-order valence-electron chi connectivity index (χ3n) is 6.61. The van der Waals surface area contributed by atoms with E-state index in [4.69, 9.17) is 10.5 Å². The zero-order valence-corrected chi connectivity index (χ0v) is 19.2. The summed E-state index contributed by atoms with van der Waals surface area (Å²) < 4.78 is 8.17. The van der Waals surface area contributed by atoms with E-state index < -0.39 is 0 Å². The van der Waals surface area contributed by atoms with Crippen LogP contribution in [0.15, 0.2) is 79.3 Å². The molecule has 1 fully saturated rings. The van der Waals surface area contributed by atoms with Crippen LogP contribution in [0.5, 0.6) is 11.5 Å². The topological polar surface area (TPSA) is 83.0 Å². The molecule has 0 amide bonds. The highest BCUT2D eigenvalue weighted by atomic mass is 16.5. The molecule has 6 nitrogen and oxygen atoms in total. The molecule has 1 aliphatic carbocycles. The molecule has 0 unspecified atom stereocenters. The molecule has 2 heterocycles. The molecular formula is C28H28N4O2. The van der Waals surface area contributed by atoms with Crippen molar-refractivity contribution < 1.29 is 9.53 Å². The molecule has 34 heavy (non-hydrogen) atoms. The summed E-state index contributed by atoms with van der Waals surface area (Å²) in [7, 11) is 0. The lowest BCUT2D eigenvalue weighted by atomic mass is 9.83. The first kappa shape index (κ1) is 21.9. The highest BCUT2D eigenvalue weighted by Crippen LogP contribution is 2.40. The van der Waals surface area contributed by atoms with Gasteiger partial charge in [0.25, 0.3) is 0 Å². The SMILES string of the molecule is CC=CC(=O)C1CCC(n2cc(-c3ccc(Oc4ccccc4)cc3)c3c(N)ncnc32)CC1. The number of nitrogens with two attached hydrogens (primary N) is 1. The molecule has 0 bridgehead atoms. The van der Waals surface area contributed by atoms with Crippen LogP contribution >= 0.6 is 0 Å². The van der Waals surface area contributed by atoms with Gasteiger partial charge in [-0.2, -0.15) is 0 Å². The number of ketones is 1. The summed E-state index contributed by atoms with van der Waals surface area (Å²) in [6.07, 6.45) is 10.8. The van der Waals surface area contributed by atoms with Gasteiger partial charge in [-0.05, 0) is 68.5 Å². The average Bonchev–Trinajstić information content (AvgIpc) is 3.26. The predicted octanol–water partition coefficient (Wildman–Crippen LogP) is 6.35. The lowest BCUT2D eigenvalue weighted by molar-refractivity contribution is -0.119. The van der Waals surface area contributed by atoms with Gasteiger partial charge in [0.2, 0.25) is 0 Å². The summed E-state index contributed by atoms with van der Waals surface area (Å²) in [5, 5.41) is 0.867. The first-order chi connectivity index (χ1) is 16.6. The molecule has 5 rings (SSSR count). The number of carbonyl (C=O) groups excluding carboxylic acids is 1. The second-order valence-corrected chi connectivity index (χ2v) is 8.75. The van der Waals surface area contributed by atoms with Crippen LogP contribution in [-0.2, 0) is 4.79 Å². The van der Waals surface area contributed by atoms with Crippen molar-refractivity contribution in [3.05, 3.63) is 79.3 Å². The highest BCUT2D eigenvalue weighted by molar-refractivity contribution is 6.00. The van der Waals surface area contributed by atoms with E-state index in [1.54, 1.807) is 6.08 Å². The highest BCUT2D eigenvalue weighted by Gasteiger charge is 2.28. The Morgan fingerprint density at radius 1 is 1.00 bits per heavy atom. The van der Waals surface area contributed by atoms with Gasteiger partial charge in [-0.1, -0.05) is 36.4 Å². The minimum absolute atomic E-state index is 0.116. The van der Waals surface area contributed by atoms with Crippen molar-refractivity contribution in [3.63, 3.8) is 0 Å². The van der Waals surface area contributed by atoms with Crippen molar-refractivity contribution in [2.45, 2.75) is 38.6 Å². The van der Waals surface area contributed by atoms with E-state index >= 15 is 0 Å². The van der Waals surface area contributed by atoms with E-state index in [0.717, 1.165) is 59.3 Å². The summed E-state index contributed by atoms with van der Waals surface area (Å²) >= 11 is 0. The number of hydrogen-bond donors (Lipinski definition) is 1. The van der Waals surface area contributed by atoms with Crippen molar-refractivity contribution in [1.29, 1.82) is 0 Å². The Bertz CT molecular complexity index is 1320. The van der Waals surface area contributed by atoms with Crippen LogP contribution in [0.25, 0.3) is 22.2 Å². The van der Waals surface area contributed by atoms with Gasteiger partial charge in [0.15, 0.2) is 5.78 Å². The van der Waals surface area contributed by atoms with E-state index in [-0.39, 0.29) is 17.7 Å². The maximum Gasteiger partial charge on any atom is 0.158 e. The number of allylic oxidation sites excluding steroid dienone is 2. The fourth-order valence-electron chi connectivity index (χ4n) is 4.87. The van der Waals surface area contributed by atoms with Gasteiger partial charge in [0, 0.05) is 23.7 Å². The maximum atomic E-state index is 12.3. The van der Waals surface area contributed by atoms with Crippen molar-refractivity contribution in [2.24, 2.45) is 5.92 Å². The Morgan fingerprint density at radius 3 is 2.41 bits per heavy atom. The van der Waals surface area contributed by atoms with Crippen LogP contribution in [0.2, 0.25) is 0 Å². The van der Waals surface area contributed by atoms with Crippen LogP contribution in [0.3, 0.4) is 0 Å². The van der Waals surface area contributed by atoms with E-state index in [1.165, 1.54) is 6.33 Å². The van der Waals surface area contributed by atoms with Crippen LogP contribution in [0.4, 0.5) is 5.82 Å². The zero-order chi connectivity index (χ0) is 23.5. The molecule has 0 spiro atoms. The molecule has 4 aromatic rings. The molecule has 2 N–H and O–H groups in total. The lowest BCUT2D eigenvalue weighted by Crippen LogP contribution is -2.22. The van der Waals surface area contributed by atoms with E-state index in [1.807, 2.05) is 67.6 Å². The van der Waals surface area contributed by atoms with Gasteiger partial charge in [0.1, 0.15) is 29.3 Å². The standard InChI is InChI=1S/C28H28N4O2/c1-2-6-25(33)20-9-13-21(14-10-20)32-17-24(26-27(29)30-18-31-28(26)32)19-11-15-23(16-12-19)34-22-7-4-3-5-8-22/h2-8,11-12,15-18,20-21H,9-10,13-14H2,1H3,(H2,29,30,31). The summed E-state index contributed by atoms with van der Waals surface area (Å²) in [5.74, 6) is 2.40. The van der Waals surface area contributed by atoms with Crippen molar-refractivity contribution in [2.75, 3.05) is 5.73 Å². The number of aromatic nitrogens is 3. The number of nitrogen functional groups attached to an aromatic ring is 1. The second kappa shape index (κ2) is 9.51. The number of ether oxygens (including phenoxy) is 1. The Hall–Kier alpha value is -3.93. The molecule has 2 aromatic carbocycles. The van der Waals surface area contributed by atoms with Crippen LogP contribution in [-0.4, -0.2) is 20.3 Å². The molecule has 0 atom stereocenters. The first-order valence-electron chi connectivity index (χ1n) is 11.7. The van der Waals surface area contributed by atoms with Crippen molar-refractivity contribution >= 4 is 22.6 Å². The fraction of sp³-hybridized carbons (Fsp3) is 0.250. The van der Waals surface area contributed by atoms with Crippen LogP contribution in [0.1, 0.15) is 38.6 Å². The Balaban J connectivity index is 1.43. The number of carbonyl (C=O) groups is 1. The van der Waals surface area contributed by atoms with Gasteiger partial charge in [-0.3, -0.25) is 4.79 Å². The minimum atomic E-state index is 0.116. The Labute approximate surface area is 199 Å². The maximum absolute atomic E-state index is 12.3. The molecule has 0 aliphatic heterocycles. The molecule has 0 radical (unpaired) electrons. The van der Waals surface area contributed by atoms with E-state index in [0.29, 0.717) is 5.82 Å². The predicted molar refractivity (Wildman–Crippen MR) is 135 cm³/mol. The third-order valence-corrected chi connectivity index (χ3v) is 6.61. The fourth-order valence-corrected chi connectivity index (χ4v) is 4.87. The lowest BCUT2D eigenvalue weighted by Gasteiger charge is -2.28. The van der Waals surface area contributed by atoms with Gasteiger partial charge in [-0.15, -0.1) is 0 Å². The summed E-state index contributed by atoms with van der Waals surface area (Å²) in [6, 6.07) is 18.0. The molecule has 1 saturated carbocycles. The molecule has 0 saturated heterocycles. The number of nitrogens with zero attached hydrogens (tertiary/aromatic N) is 3. The average molecular weight is 453 g/mol.